The van der Waals surface area contributed by atoms with Crippen LogP contribution in [0, 0.1) is 6.92 Å². The van der Waals surface area contributed by atoms with Gasteiger partial charge >= 0.3 is 0 Å². The first-order valence-electron chi connectivity index (χ1n) is 8.58. The topological polar surface area (TPSA) is 28.5 Å². The molecule has 3 nitrogen and oxygen atoms in total. The van der Waals surface area contributed by atoms with E-state index in [4.69, 9.17) is 9.98 Å². The van der Waals surface area contributed by atoms with Crippen molar-refractivity contribution in [2.75, 3.05) is 4.90 Å². The molecule has 0 bridgehead atoms. The predicted molar refractivity (Wildman–Crippen MR) is 104 cm³/mol. The zero-order valence-electron chi connectivity index (χ0n) is 15.1. The second-order valence-electron chi connectivity index (χ2n) is 5.83. The molecule has 0 amide bonds. The van der Waals surface area contributed by atoms with E-state index < -0.39 is 0 Å². The molecule has 0 N–H and O–H groups in total. The van der Waals surface area contributed by atoms with Gasteiger partial charge < -0.3 is 4.90 Å². The lowest BCUT2D eigenvalue weighted by molar-refractivity contribution is 0.596. The minimum atomic E-state index is -0.140. The predicted octanol–water partition coefficient (Wildman–Crippen LogP) is 5.34. The number of aryl methyl sites for hydroxylation is 1. The number of anilines is 1. The monoisotopic (exact) mass is 321 g/mol. The minimum absolute atomic E-state index is 0.140. The number of aliphatic imine (C=N–C) groups is 1. The second-order valence-corrected chi connectivity index (χ2v) is 5.83. The highest BCUT2D eigenvalue weighted by atomic mass is 15.3. The number of allylic oxidation sites excluding steroid dienone is 1. The van der Waals surface area contributed by atoms with Crippen molar-refractivity contribution >= 4 is 11.9 Å². The minimum Gasteiger partial charge on any atom is -0.338 e. The molecule has 126 valence electrons. The van der Waals surface area contributed by atoms with Gasteiger partial charge in [-0.3, -0.25) is 9.98 Å². The van der Waals surface area contributed by atoms with E-state index in [1.165, 1.54) is 0 Å². The van der Waals surface area contributed by atoms with Crippen molar-refractivity contribution in [3.05, 3.63) is 72.1 Å². The van der Waals surface area contributed by atoms with E-state index in [0.717, 1.165) is 23.5 Å². The summed E-state index contributed by atoms with van der Waals surface area (Å²) >= 11 is 0. The molecule has 1 aromatic heterocycles. The van der Waals surface area contributed by atoms with Crippen LogP contribution in [0.5, 0.6) is 0 Å². The van der Waals surface area contributed by atoms with Gasteiger partial charge in [0, 0.05) is 23.6 Å². The number of nitrogens with zero attached hydrogens (tertiary/aromatic N) is 3. The van der Waals surface area contributed by atoms with Crippen molar-refractivity contribution in [1.29, 1.82) is 0 Å². The average molecular weight is 321 g/mol. The van der Waals surface area contributed by atoms with Crippen LogP contribution < -0.4 is 4.90 Å². The zero-order chi connectivity index (χ0) is 17.4. The molecule has 2 rings (SSSR count). The third kappa shape index (κ3) is 4.54. The number of hydrogen-bond acceptors (Lipinski definition) is 3. The highest BCUT2D eigenvalue weighted by molar-refractivity contribution is 5.59. The Kier molecular flexibility index (Phi) is 6.74. The molecule has 0 fully saturated rings. The number of para-hydroxylation sites is 1. The molecule has 2 atom stereocenters. The summed E-state index contributed by atoms with van der Waals surface area (Å²) in [4.78, 5) is 11.9. The van der Waals surface area contributed by atoms with Crippen molar-refractivity contribution in [3.63, 3.8) is 0 Å². The first-order chi connectivity index (χ1) is 11.7. The Labute approximate surface area is 145 Å². The molecule has 0 aliphatic rings. The van der Waals surface area contributed by atoms with Gasteiger partial charge in [-0.05, 0) is 51.5 Å². The molecule has 0 saturated heterocycles. The van der Waals surface area contributed by atoms with Gasteiger partial charge in [0.05, 0.1) is 5.69 Å². The molecule has 2 unspecified atom stereocenters. The molecule has 0 saturated carbocycles. The third-order valence-corrected chi connectivity index (χ3v) is 3.83. The fraction of sp³-hybridized carbons (Fsp3) is 0.333. The van der Waals surface area contributed by atoms with Crippen LogP contribution in [-0.4, -0.2) is 17.2 Å². The Morgan fingerprint density at radius 3 is 2.50 bits per heavy atom. The maximum absolute atomic E-state index is 4.84. The SMILES string of the molecule is C/C=C\C(C)N(c1ccccc1)C(/N=C/CC)c1cccc(C)n1. The lowest BCUT2D eigenvalue weighted by atomic mass is 10.1. The van der Waals surface area contributed by atoms with Crippen LogP contribution in [-0.2, 0) is 0 Å². The standard InChI is InChI=1S/C21H27N3/c1-5-11-18(4)24(19-13-8-7-9-14-19)21(22-16-6-2)20-15-10-12-17(3)23-20/h5,7-16,18,21H,6H2,1-4H3/b11-5-,22-16+. The van der Waals surface area contributed by atoms with Gasteiger partial charge in [0.2, 0.25) is 0 Å². The first kappa shape index (κ1) is 17.9. The molecule has 0 aliphatic carbocycles. The van der Waals surface area contributed by atoms with E-state index in [1.54, 1.807) is 0 Å². The lowest BCUT2D eigenvalue weighted by Crippen LogP contribution is -2.35. The van der Waals surface area contributed by atoms with Crippen LogP contribution in [0.4, 0.5) is 5.69 Å². The van der Waals surface area contributed by atoms with Gasteiger partial charge in [-0.1, -0.05) is 43.3 Å². The molecule has 0 aliphatic heterocycles. The summed E-state index contributed by atoms with van der Waals surface area (Å²) in [7, 11) is 0. The van der Waals surface area contributed by atoms with Crippen LogP contribution in [0.2, 0.25) is 0 Å². The van der Waals surface area contributed by atoms with Gasteiger partial charge in [0.25, 0.3) is 0 Å². The van der Waals surface area contributed by atoms with Crippen LogP contribution in [0.15, 0.2) is 65.7 Å². The van der Waals surface area contributed by atoms with Crippen LogP contribution >= 0.6 is 0 Å². The van der Waals surface area contributed by atoms with Crippen LogP contribution in [0.25, 0.3) is 0 Å². The van der Waals surface area contributed by atoms with Gasteiger partial charge in [-0.15, -0.1) is 0 Å². The summed E-state index contributed by atoms with van der Waals surface area (Å²) < 4.78 is 0. The molecule has 0 radical (unpaired) electrons. The number of rotatable bonds is 7. The van der Waals surface area contributed by atoms with E-state index in [0.29, 0.717) is 0 Å². The van der Waals surface area contributed by atoms with Crippen molar-refractivity contribution in [3.8, 4) is 0 Å². The smallest absolute Gasteiger partial charge is 0.164 e. The Morgan fingerprint density at radius 1 is 1.12 bits per heavy atom. The summed E-state index contributed by atoms with van der Waals surface area (Å²) in [6, 6.07) is 16.8. The number of benzene rings is 1. The summed E-state index contributed by atoms with van der Waals surface area (Å²) in [5, 5.41) is 0. The maximum Gasteiger partial charge on any atom is 0.164 e. The van der Waals surface area contributed by atoms with Crippen LogP contribution in [0.1, 0.15) is 44.7 Å². The average Bonchev–Trinajstić information content (AvgIpc) is 2.59. The van der Waals surface area contributed by atoms with Crippen molar-refractivity contribution in [2.45, 2.75) is 46.3 Å². The molecule has 3 heteroatoms. The number of hydrogen-bond donors (Lipinski definition) is 0. The normalized spacial score (nSPS) is 14.2. The molecule has 2 aromatic rings. The lowest BCUT2D eigenvalue weighted by Gasteiger charge is -2.35. The molecule has 24 heavy (non-hydrogen) atoms. The largest absolute Gasteiger partial charge is 0.338 e. The first-order valence-corrected chi connectivity index (χ1v) is 8.58. The highest BCUT2D eigenvalue weighted by Crippen LogP contribution is 2.30. The van der Waals surface area contributed by atoms with E-state index >= 15 is 0 Å². The number of pyridine rings is 1. The Morgan fingerprint density at radius 2 is 1.88 bits per heavy atom. The van der Waals surface area contributed by atoms with Gasteiger partial charge in [-0.2, -0.15) is 0 Å². The Hall–Kier alpha value is -2.42. The highest BCUT2D eigenvalue weighted by Gasteiger charge is 2.24. The second kappa shape index (κ2) is 9.02. The summed E-state index contributed by atoms with van der Waals surface area (Å²) in [5.74, 6) is 0. The fourth-order valence-electron chi connectivity index (χ4n) is 2.77. The molecular formula is C21H27N3. The molecular weight excluding hydrogens is 294 g/mol. The van der Waals surface area contributed by atoms with E-state index in [-0.39, 0.29) is 12.2 Å². The van der Waals surface area contributed by atoms with E-state index in [1.807, 2.05) is 25.3 Å². The fourth-order valence-corrected chi connectivity index (χ4v) is 2.77. The number of aromatic nitrogens is 1. The maximum atomic E-state index is 4.84. The summed E-state index contributed by atoms with van der Waals surface area (Å²) in [6.45, 7) is 8.37. The quantitative estimate of drug-likeness (QED) is 0.508. The van der Waals surface area contributed by atoms with Crippen molar-refractivity contribution in [2.24, 2.45) is 4.99 Å². The summed E-state index contributed by atoms with van der Waals surface area (Å²) in [6.07, 6.45) is 7.02. The van der Waals surface area contributed by atoms with Crippen LogP contribution in [0.3, 0.4) is 0 Å². The molecule has 1 aromatic carbocycles. The van der Waals surface area contributed by atoms with Gasteiger partial charge in [0.15, 0.2) is 6.17 Å². The van der Waals surface area contributed by atoms with E-state index in [2.05, 4.69) is 74.2 Å². The van der Waals surface area contributed by atoms with Gasteiger partial charge in [0.1, 0.15) is 0 Å². The third-order valence-electron chi connectivity index (χ3n) is 3.83. The summed E-state index contributed by atoms with van der Waals surface area (Å²) in [5.41, 5.74) is 3.13. The zero-order valence-corrected chi connectivity index (χ0v) is 15.1. The van der Waals surface area contributed by atoms with Crippen molar-refractivity contribution in [1.82, 2.24) is 4.98 Å². The van der Waals surface area contributed by atoms with E-state index in [9.17, 15) is 0 Å². The molecule has 0 spiro atoms. The Balaban J connectivity index is 2.53. The van der Waals surface area contributed by atoms with Gasteiger partial charge in [-0.25, -0.2) is 0 Å². The molecule has 1 heterocycles. The van der Waals surface area contributed by atoms with Crippen molar-refractivity contribution < 1.29 is 0 Å². The Bertz CT molecular complexity index is 676.